The molecule has 4 rings (SSSR count). The van der Waals surface area contributed by atoms with E-state index in [4.69, 9.17) is 9.57 Å². The molecule has 0 radical (unpaired) electrons. The molecule has 0 bridgehead atoms. The number of rotatable bonds is 7. The summed E-state index contributed by atoms with van der Waals surface area (Å²) < 4.78 is 6.27. The highest BCUT2D eigenvalue weighted by Gasteiger charge is 2.36. The van der Waals surface area contributed by atoms with E-state index in [1.165, 1.54) is 0 Å². The second-order valence-electron chi connectivity index (χ2n) is 7.20. The van der Waals surface area contributed by atoms with Crippen molar-refractivity contribution in [2.75, 3.05) is 19.0 Å². The minimum atomic E-state index is -1.02. The van der Waals surface area contributed by atoms with Crippen molar-refractivity contribution < 1.29 is 19.5 Å². The van der Waals surface area contributed by atoms with Crippen LogP contribution in [-0.4, -0.2) is 30.6 Å². The molecule has 0 amide bonds. The number of hydrogen-bond donors (Lipinski definition) is 3. The summed E-state index contributed by atoms with van der Waals surface area (Å²) in [6.45, 7) is 0.499. The SMILES string of the molecule is COc1ccccc1NCC1C(=Nc2ccc(I)cc2C(=O)O)NOC1c1ccccc1. The van der Waals surface area contributed by atoms with Crippen LogP contribution in [0.25, 0.3) is 0 Å². The molecular formula is C24H22IN3O4. The Morgan fingerprint density at radius 1 is 1.16 bits per heavy atom. The molecule has 1 fully saturated rings. The quantitative estimate of drug-likeness (QED) is 0.362. The van der Waals surface area contributed by atoms with Gasteiger partial charge in [0.05, 0.1) is 30.0 Å². The largest absolute Gasteiger partial charge is 0.495 e. The van der Waals surface area contributed by atoms with Crippen LogP contribution in [0, 0.1) is 9.49 Å². The van der Waals surface area contributed by atoms with Gasteiger partial charge < -0.3 is 15.2 Å². The summed E-state index contributed by atoms with van der Waals surface area (Å²) in [4.78, 5) is 22.3. The van der Waals surface area contributed by atoms with Crippen LogP contribution in [0.15, 0.2) is 77.8 Å². The average molecular weight is 543 g/mol. The van der Waals surface area contributed by atoms with E-state index in [-0.39, 0.29) is 17.6 Å². The van der Waals surface area contributed by atoms with Gasteiger partial charge in [0.1, 0.15) is 17.7 Å². The zero-order valence-corrected chi connectivity index (χ0v) is 19.4. The van der Waals surface area contributed by atoms with Crippen molar-refractivity contribution in [1.29, 1.82) is 0 Å². The number of methoxy groups -OCH3 is 1. The molecular weight excluding hydrogens is 521 g/mol. The van der Waals surface area contributed by atoms with Crippen LogP contribution in [0.5, 0.6) is 5.75 Å². The van der Waals surface area contributed by atoms with Crippen molar-refractivity contribution in [3.63, 3.8) is 0 Å². The first-order valence-corrected chi connectivity index (χ1v) is 11.1. The van der Waals surface area contributed by atoms with Crippen LogP contribution >= 0.6 is 22.6 Å². The Kier molecular flexibility index (Phi) is 6.91. The van der Waals surface area contributed by atoms with Gasteiger partial charge in [0, 0.05) is 10.1 Å². The number of carbonyl (C=O) groups is 1. The topological polar surface area (TPSA) is 92.2 Å². The smallest absolute Gasteiger partial charge is 0.337 e. The van der Waals surface area contributed by atoms with Crippen LogP contribution in [0.3, 0.4) is 0 Å². The van der Waals surface area contributed by atoms with Crippen molar-refractivity contribution in [2.45, 2.75) is 6.10 Å². The summed E-state index contributed by atoms with van der Waals surface area (Å²) in [6.07, 6.45) is -0.297. The molecule has 1 saturated heterocycles. The Morgan fingerprint density at radius 2 is 1.91 bits per heavy atom. The number of anilines is 1. The highest BCUT2D eigenvalue weighted by atomic mass is 127. The second kappa shape index (κ2) is 10.0. The number of benzene rings is 3. The van der Waals surface area contributed by atoms with Gasteiger partial charge in [-0.2, -0.15) is 0 Å². The first-order chi connectivity index (χ1) is 15.6. The van der Waals surface area contributed by atoms with E-state index in [1.54, 1.807) is 19.2 Å². The summed E-state index contributed by atoms with van der Waals surface area (Å²) in [5.41, 5.74) is 5.31. The molecule has 2 unspecified atom stereocenters. The first kappa shape index (κ1) is 22.1. The lowest BCUT2D eigenvalue weighted by Gasteiger charge is -2.19. The number of hydrogen-bond acceptors (Lipinski definition) is 5. The van der Waals surface area contributed by atoms with Gasteiger partial charge in [-0.15, -0.1) is 0 Å². The van der Waals surface area contributed by atoms with Crippen LogP contribution in [0.2, 0.25) is 0 Å². The number of halogens is 1. The minimum absolute atomic E-state index is 0.144. The predicted octanol–water partition coefficient (Wildman–Crippen LogP) is 5.03. The van der Waals surface area contributed by atoms with Gasteiger partial charge in [0.2, 0.25) is 0 Å². The van der Waals surface area contributed by atoms with Crippen LogP contribution in [-0.2, 0) is 4.84 Å². The fourth-order valence-electron chi connectivity index (χ4n) is 3.59. The Hall–Kier alpha value is -3.11. The third-order valence-electron chi connectivity index (χ3n) is 5.18. The van der Waals surface area contributed by atoms with E-state index in [0.29, 0.717) is 18.1 Å². The highest BCUT2D eigenvalue weighted by molar-refractivity contribution is 14.1. The lowest BCUT2D eigenvalue weighted by molar-refractivity contribution is 0.0296. The number of aromatic carboxylic acids is 1. The fraction of sp³-hybridized carbons (Fsp3) is 0.167. The van der Waals surface area contributed by atoms with Gasteiger partial charge in [-0.3, -0.25) is 10.3 Å². The standard InChI is InChI=1S/C24H22IN3O4/c1-31-21-10-6-5-9-20(21)26-14-18-22(15-7-3-2-4-8-15)32-28-23(18)27-19-12-11-16(25)13-17(19)24(29)30/h2-13,18,22,26H,14H2,1H3,(H,27,28)(H,29,30). The van der Waals surface area contributed by atoms with Crippen LogP contribution in [0.1, 0.15) is 22.0 Å². The summed E-state index contributed by atoms with van der Waals surface area (Å²) in [5.74, 6) is 0.0817. The van der Waals surface area contributed by atoms with E-state index >= 15 is 0 Å². The number of nitrogens with one attached hydrogen (secondary N) is 2. The molecule has 0 saturated carbocycles. The summed E-state index contributed by atoms with van der Waals surface area (Å²) in [5, 5.41) is 13.0. The maximum absolute atomic E-state index is 11.7. The van der Waals surface area contributed by atoms with Crippen molar-refractivity contribution >= 4 is 45.8 Å². The molecule has 0 aliphatic carbocycles. The Bertz CT molecular complexity index is 1140. The van der Waals surface area contributed by atoms with Crippen molar-refractivity contribution in [3.8, 4) is 5.75 Å². The van der Waals surface area contributed by atoms with Gasteiger partial charge in [-0.25, -0.2) is 9.79 Å². The predicted molar refractivity (Wildman–Crippen MR) is 132 cm³/mol. The molecule has 7 nitrogen and oxygen atoms in total. The van der Waals surface area contributed by atoms with Gasteiger partial charge in [-0.1, -0.05) is 42.5 Å². The van der Waals surface area contributed by atoms with Gasteiger partial charge in [0.25, 0.3) is 0 Å². The molecule has 1 aliphatic rings. The van der Waals surface area contributed by atoms with Crippen molar-refractivity contribution in [1.82, 2.24) is 5.48 Å². The van der Waals surface area contributed by atoms with Gasteiger partial charge in [0.15, 0.2) is 0 Å². The molecule has 0 aromatic heterocycles. The maximum Gasteiger partial charge on any atom is 0.337 e. The third-order valence-corrected chi connectivity index (χ3v) is 5.86. The molecule has 1 heterocycles. The number of para-hydroxylation sites is 2. The zero-order chi connectivity index (χ0) is 22.5. The summed E-state index contributed by atoms with van der Waals surface area (Å²) >= 11 is 2.09. The average Bonchev–Trinajstić information content (AvgIpc) is 3.21. The van der Waals surface area contributed by atoms with E-state index < -0.39 is 5.97 Å². The van der Waals surface area contributed by atoms with Gasteiger partial charge >= 0.3 is 5.97 Å². The Labute approximate surface area is 199 Å². The molecule has 32 heavy (non-hydrogen) atoms. The third kappa shape index (κ3) is 4.86. The number of carboxylic acid groups (broad SMARTS) is 1. The van der Waals surface area contributed by atoms with E-state index in [2.05, 4.69) is 38.4 Å². The number of nitrogens with zero attached hydrogens (tertiary/aromatic N) is 1. The normalized spacial score (nSPS) is 18.9. The monoisotopic (exact) mass is 543 g/mol. The number of ether oxygens (including phenoxy) is 1. The van der Waals surface area contributed by atoms with Crippen molar-refractivity contribution in [2.24, 2.45) is 10.9 Å². The fourth-order valence-corrected chi connectivity index (χ4v) is 4.09. The van der Waals surface area contributed by atoms with Crippen molar-refractivity contribution in [3.05, 3.63) is 87.5 Å². The zero-order valence-electron chi connectivity index (χ0n) is 17.3. The molecule has 8 heteroatoms. The van der Waals surface area contributed by atoms with Crippen LogP contribution in [0.4, 0.5) is 11.4 Å². The molecule has 0 spiro atoms. The molecule has 2 atom stereocenters. The molecule has 3 aromatic carbocycles. The van der Waals surface area contributed by atoms with E-state index in [0.717, 1.165) is 20.6 Å². The lowest BCUT2D eigenvalue weighted by Crippen LogP contribution is -2.27. The number of carboxylic acids is 1. The Balaban J connectivity index is 1.68. The summed E-state index contributed by atoms with van der Waals surface area (Å²) in [7, 11) is 1.63. The molecule has 3 N–H and O–H groups in total. The van der Waals surface area contributed by atoms with Crippen LogP contribution < -0.4 is 15.5 Å². The first-order valence-electron chi connectivity index (χ1n) is 10.0. The summed E-state index contributed by atoms with van der Waals surface area (Å²) in [6, 6.07) is 22.7. The molecule has 3 aromatic rings. The van der Waals surface area contributed by atoms with E-state index in [9.17, 15) is 9.90 Å². The minimum Gasteiger partial charge on any atom is -0.495 e. The number of amidine groups is 1. The molecule has 164 valence electrons. The van der Waals surface area contributed by atoms with Gasteiger partial charge in [-0.05, 0) is 58.5 Å². The number of hydroxylamine groups is 1. The lowest BCUT2D eigenvalue weighted by atomic mass is 9.95. The molecule has 1 aliphatic heterocycles. The van der Waals surface area contributed by atoms with E-state index in [1.807, 2.05) is 60.7 Å². The maximum atomic E-state index is 11.7. The highest BCUT2D eigenvalue weighted by Crippen LogP contribution is 2.34. The second-order valence-corrected chi connectivity index (χ2v) is 8.45. The Morgan fingerprint density at radius 3 is 2.66 bits per heavy atom. The number of aliphatic imine (C=N–C) groups is 1.